The molecule has 0 aliphatic carbocycles. The van der Waals surface area contributed by atoms with E-state index in [1.807, 2.05) is 38.5 Å². The van der Waals surface area contributed by atoms with Gasteiger partial charge in [0.1, 0.15) is 9.88 Å². The fourth-order valence-electron chi connectivity index (χ4n) is 3.26. The van der Waals surface area contributed by atoms with Crippen molar-refractivity contribution in [1.29, 1.82) is 0 Å². The van der Waals surface area contributed by atoms with Crippen LogP contribution in [0.4, 0.5) is 0 Å². The van der Waals surface area contributed by atoms with E-state index in [2.05, 4.69) is 9.88 Å². The van der Waals surface area contributed by atoms with Gasteiger partial charge < -0.3 is 9.80 Å². The molecule has 3 rings (SSSR count). The van der Waals surface area contributed by atoms with Crippen LogP contribution in [0.15, 0.2) is 17.5 Å². The Balaban J connectivity index is 1.84. The van der Waals surface area contributed by atoms with Gasteiger partial charge in [-0.15, -0.1) is 22.7 Å². The number of carbonyl (C=O) groups excluding carboxylic acids is 1. The minimum atomic E-state index is -3.05. The Hall–Kier alpha value is -1.29. The zero-order valence-corrected chi connectivity index (χ0v) is 18.3. The molecule has 148 valence electrons. The topological polar surface area (TPSA) is 70.6 Å². The Morgan fingerprint density at radius 1 is 1.33 bits per heavy atom. The molecule has 0 spiro atoms. The van der Waals surface area contributed by atoms with E-state index in [4.69, 9.17) is 0 Å². The van der Waals surface area contributed by atoms with Crippen molar-refractivity contribution < 1.29 is 13.2 Å². The number of thiazole rings is 1. The van der Waals surface area contributed by atoms with Crippen LogP contribution in [-0.4, -0.2) is 73.8 Å². The highest BCUT2D eigenvalue weighted by molar-refractivity contribution is 7.91. The molecule has 3 heterocycles. The molecule has 1 unspecified atom stereocenters. The number of aryl methyl sites for hydroxylation is 1. The molecule has 0 N–H and O–H groups in total. The molecule has 9 heteroatoms. The molecule has 1 aliphatic rings. The highest BCUT2D eigenvalue weighted by Gasteiger charge is 2.36. The number of carbonyl (C=O) groups is 1. The van der Waals surface area contributed by atoms with Crippen LogP contribution in [0.2, 0.25) is 0 Å². The Kier molecular flexibility index (Phi) is 6.35. The zero-order valence-electron chi connectivity index (χ0n) is 15.8. The van der Waals surface area contributed by atoms with Gasteiger partial charge in [-0.05, 0) is 51.9 Å². The van der Waals surface area contributed by atoms with E-state index in [1.54, 1.807) is 16.2 Å². The van der Waals surface area contributed by atoms with Gasteiger partial charge in [-0.25, -0.2) is 13.4 Å². The van der Waals surface area contributed by atoms with Gasteiger partial charge in [0.25, 0.3) is 5.91 Å². The van der Waals surface area contributed by atoms with Crippen molar-refractivity contribution in [1.82, 2.24) is 14.8 Å². The lowest BCUT2D eigenvalue weighted by Crippen LogP contribution is -2.42. The van der Waals surface area contributed by atoms with Crippen molar-refractivity contribution in [3.8, 4) is 9.88 Å². The van der Waals surface area contributed by atoms with E-state index in [1.165, 1.54) is 11.3 Å². The maximum absolute atomic E-state index is 13.3. The van der Waals surface area contributed by atoms with Crippen LogP contribution in [0.1, 0.15) is 28.2 Å². The van der Waals surface area contributed by atoms with Gasteiger partial charge in [0.05, 0.1) is 22.1 Å². The fourth-order valence-corrected chi connectivity index (χ4v) is 6.81. The molecule has 1 fully saturated rings. The average molecular weight is 428 g/mol. The monoisotopic (exact) mass is 427 g/mol. The summed E-state index contributed by atoms with van der Waals surface area (Å²) in [4.78, 5) is 23.4. The van der Waals surface area contributed by atoms with Gasteiger partial charge >= 0.3 is 0 Å². The van der Waals surface area contributed by atoms with Crippen LogP contribution in [0.3, 0.4) is 0 Å². The lowest BCUT2D eigenvalue weighted by atomic mass is 10.2. The van der Waals surface area contributed by atoms with E-state index in [9.17, 15) is 13.2 Å². The minimum absolute atomic E-state index is 0.0658. The van der Waals surface area contributed by atoms with Crippen LogP contribution >= 0.6 is 22.7 Å². The number of hydrogen-bond acceptors (Lipinski definition) is 7. The summed E-state index contributed by atoms with van der Waals surface area (Å²) >= 11 is 3.00. The van der Waals surface area contributed by atoms with E-state index >= 15 is 0 Å². The molecule has 27 heavy (non-hydrogen) atoms. The summed E-state index contributed by atoms with van der Waals surface area (Å²) in [7, 11) is 0.933. The van der Waals surface area contributed by atoms with Gasteiger partial charge in [0.2, 0.25) is 0 Å². The Labute approximate surface area is 168 Å². The van der Waals surface area contributed by atoms with Crippen molar-refractivity contribution in [2.75, 3.05) is 38.7 Å². The molecule has 0 bridgehead atoms. The molecule has 1 amide bonds. The molecule has 1 atom stereocenters. The number of sulfone groups is 1. The lowest BCUT2D eigenvalue weighted by Gasteiger charge is -2.28. The minimum Gasteiger partial charge on any atom is -0.334 e. The number of thiophene rings is 1. The largest absolute Gasteiger partial charge is 0.334 e. The maximum Gasteiger partial charge on any atom is 0.266 e. The summed E-state index contributed by atoms with van der Waals surface area (Å²) in [5, 5.41) is 2.84. The van der Waals surface area contributed by atoms with Crippen LogP contribution in [-0.2, 0) is 9.84 Å². The van der Waals surface area contributed by atoms with Crippen LogP contribution in [0.25, 0.3) is 9.88 Å². The SMILES string of the molecule is Cc1nc(-c2cccs2)sc1C(=O)N(CCCN(C)C)C1CCS(=O)(=O)C1. The smallest absolute Gasteiger partial charge is 0.266 e. The summed E-state index contributed by atoms with van der Waals surface area (Å²) in [5.41, 5.74) is 0.715. The lowest BCUT2D eigenvalue weighted by molar-refractivity contribution is 0.0694. The summed E-state index contributed by atoms with van der Waals surface area (Å²) < 4.78 is 23.9. The predicted molar refractivity (Wildman–Crippen MR) is 111 cm³/mol. The number of hydrogen-bond donors (Lipinski definition) is 0. The van der Waals surface area contributed by atoms with Crippen molar-refractivity contribution in [2.24, 2.45) is 0 Å². The van der Waals surface area contributed by atoms with Crippen molar-refractivity contribution in [3.63, 3.8) is 0 Å². The summed E-state index contributed by atoms with van der Waals surface area (Å²) in [6, 6.07) is 3.72. The Bertz CT molecular complexity index is 888. The number of rotatable bonds is 7. The molecule has 2 aromatic rings. The first kappa shape index (κ1) is 20.4. The molecular formula is C18H25N3O3S3. The van der Waals surface area contributed by atoms with Crippen molar-refractivity contribution >= 4 is 38.4 Å². The van der Waals surface area contributed by atoms with Gasteiger partial charge in [-0.3, -0.25) is 4.79 Å². The molecule has 0 aromatic carbocycles. The third kappa shape index (κ3) is 4.96. The Morgan fingerprint density at radius 3 is 2.70 bits per heavy atom. The van der Waals surface area contributed by atoms with Crippen molar-refractivity contribution in [2.45, 2.75) is 25.8 Å². The average Bonchev–Trinajstić information content (AvgIpc) is 3.30. The Morgan fingerprint density at radius 2 is 2.11 bits per heavy atom. The van der Waals surface area contributed by atoms with Gasteiger partial charge in [-0.2, -0.15) is 0 Å². The maximum atomic E-state index is 13.3. The zero-order chi connectivity index (χ0) is 19.6. The summed E-state index contributed by atoms with van der Waals surface area (Å²) in [6.45, 7) is 3.26. The van der Waals surface area contributed by atoms with Gasteiger partial charge in [0.15, 0.2) is 9.84 Å². The first-order chi connectivity index (χ1) is 12.8. The second-order valence-electron chi connectivity index (χ2n) is 7.12. The normalized spacial score (nSPS) is 18.9. The fraction of sp³-hybridized carbons (Fsp3) is 0.556. The molecule has 0 radical (unpaired) electrons. The highest BCUT2D eigenvalue weighted by atomic mass is 32.2. The third-order valence-electron chi connectivity index (χ3n) is 4.64. The second-order valence-corrected chi connectivity index (χ2v) is 11.3. The second kappa shape index (κ2) is 8.38. The van der Waals surface area contributed by atoms with E-state index in [0.717, 1.165) is 22.9 Å². The standard InChI is InChI=1S/C18H25N3O3S3/c1-13-16(26-17(19-13)15-6-4-10-25-15)18(22)21(9-5-8-20(2)3)14-7-11-27(23,24)12-14/h4,6,10,14H,5,7-9,11-12H2,1-3H3. The van der Waals surface area contributed by atoms with E-state index in [0.29, 0.717) is 23.5 Å². The van der Waals surface area contributed by atoms with Crippen molar-refractivity contribution in [3.05, 3.63) is 28.1 Å². The van der Waals surface area contributed by atoms with Crippen LogP contribution < -0.4 is 0 Å². The van der Waals surface area contributed by atoms with Crippen LogP contribution in [0, 0.1) is 6.92 Å². The number of nitrogens with zero attached hydrogens (tertiary/aromatic N) is 3. The number of aromatic nitrogens is 1. The number of amides is 1. The molecule has 6 nitrogen and oxygen atoms in total. The molecule has 2 aromatic heterocycles. The van der Waals surface area contributed by atoms with Gasteiger partial charge in [-0.1, -0.05) is 6.07 Å². The summed E-state index contributed by atoms with van der Waals surface area (Å²) in [6.07, 6.45) is 1.33. The molecule has 1 saturated heterocycles. The highest BCUT2D eigenvalue weighted by Crippen LogP contribution is 2.32. The van der Waals surface area contributed by atoms with Crippen LogP contribution in [0.5, 0.6) is 0 Å². The first-order valence-electron chi connectivity index (χ1n) is 8.94. The summed E-state index contributed by atoms with van der Waals surface area (Å²) in [5.74, 6) is 0.141. The quantitative estimate of drug-likeness (QED) is 0.679. The molecule has 1 aliphatic heterocycles. The van der Waals surface area contributed by atoms with Gasteiger partial charge in [0, 0.05) is 12.6 Å². The predicted octanol–water partition coefficient (Wildman–Crippen LogP) is 2.76. The molecule has 0 saturated carbocycles. The van der Waals surface area contributed by atoms with E-state index < -0.39 is 9.84 Å². The van der Waals surface area contributed by atoms with E-state index in [-0.39, 0.29) is 23.5 Å². The first-order valence-corrected chi connectivity index (χ1v) is 12.5. The molecular weight excluding hydrogens is 402 g/mol. The third-order valence-corrected chi connectivity index (χ3v) is 8.57.